The number of fused-ring (bicyclic) bond motifs is 2. The summed E-state index contributed by atoms with van der Waals surface area (Å²) in [5.41, 5.74) is 1.07. The SMILES string of the molecule is Cc1cc(C2(O)CC3CCCC(C2)S3(=O)=O)ccc1C#N. The standard InChI is InChI=1S/C16H19NO3S/c1-11-7-13(6-5-12(11)10-17)16(18)8-14-3-2-4-15(9-16)21(14,19)20/h5-7,14-15,18H,2-4,8-9H2,1H3. The lowest BCUT2D eigenvalue weighted by Crippen LogP contribution is -2.50. The molecule has 2 fully saturated rings. The third kappa shape index (κ3) is 2.27. The molecular formula is C16H19NO3S. The molecule has 2 aliphatic rings. The highest BCUT2D eigenvalue weighted by Crippen LogP contribution is 2.46. The van der Waals surface area contributed by atoms with E-state index in [1.165, 1.54) is 0 Å². The van der Waals surface area contributed by atoms with Crippen LogP contribution in [0.25, 0.3) is 0 Å². The van der Waals surface area contributed by atoms with Crippen LogP contribution in [0.3, 0.4) is 0 Å². The molecule has 4 nitrogen and oxygen atoms in total. The number of rotatable bonds is 1. The molecule has 3 rings (SSSR count). The van der Waals surface area contributed by atoms with Crippen molar-refractivity contribution in [3.8, 4) is 6.07 Å². The summed E-state index contributed by atoms with van der Waals surface area (Å²) in [5.74, 6) is 0. The number of hydrogen-bond acceptors (Lipinski definition) is 4. The molecule has 2 aliphatic heterocycles. The minimum Gasteiger partial charge on any atom is -0.385 e. The van der Waals surface area contributed by atoms with Gasteiger partial charge in [-0.05, 0) is 49.8 Å². The van der Waals surface area contributed by atoms with Gasteiger partial charge in [-0.25, -0.2) is 8.42 Å². The maximum Gasteiger partial charge on any atom is 0.156 e. The summed E-state index contributed by atoms with van der Waals surface area (Å²) < 4.78 is 24.7. The summed E-state index contributed by atoms with van der Waals surface area (Å²) in [6.45, 7) is 1.84. The summed E-state index contributed by atoms with van der Waals surface area (Å²) in [5, 5.41) is 19.2. The van der Waals surface area contributed by atoms with Crippen molar-refractivity contribution in [2.45, 2.75) is 55.1 Å². The monoisotopic (exact) mass is 305 g/mol. The van der Waals surface area contributed by atoms with E-state index in [-0.39, 0.29) is 12.8 Å². The van der Waals surface area contributed by atoms with Gasteiger partial charge in [0.15, 0.2) is 9.84 Å². The normalized spacial score (nSPS) is 34.1. The van der Waals surface area contributed by atoms with Gasteiger partial charge in [0.2, 0.25) is 0 Å². The molecule has 0 radical (unpaired) electrons. The molecule has 0 amide bonds. The predicted octanol–water partition coefficient (Wildman–Crippen LogP) is 2.18. The fourth-order valence-electron chi connectivity index (χ4n) is 3.76. The first-order valence-corrected chi connectivity index (χ1v) is 8.94. The molecule has 2 atom stereocenters. The van der Waals surface area contributed by atoms with Crippen LogP contribution in [0.1, 0.15) is 48.8 Å². The molecule has 1 aromatic carbocycles. The summed E-state index contributed by atoms with van der Waals surface area (Å²) in [6, 6.07) is 7.41. The van der Waals surface area contributed by atoms with Crippen LogP contribution >= 0.6 is 0 Å². The van der Waals surface area contributed by atoms with Crippen LogP contribution in [0.2, 0.25) is 0 Å². The molecule has 2 unspecified atom stereocenters. The van der Waals surface area contributed by atoms with Crippen LogP contribution in [0.4, 0.5) is 0 Å². The lowest BCUT2D eigenvalue weighted by Gasteiger charge is -2.44. The van der Waals surface area contributed by atoms with Crippen molar-refractivity contribution in [1.29, 1.82) is 5.26 Å². The van der Waals surface area contributed by atoms with Gasteiger partial charge in [0.05, 0.1) is 27.7 Å². The second-order valence-electron chi connectivity index (χ2n) is 6.35. The van der Waals surface area contributed by atoms with Gasteiger partial charge < -0.3 is 5.11 Å². The van der Waals surface area contributed by atoms with E-state index in [9.17, 15) is 13.5 Å². The largest absolute Gasteiger partial charge is 0.385 e. The lowest BCUT2D eigenvalue weighted by atomic mass is 9.80. The molecule has 0 aliphatic carbocycles. The lowest BCUT2D eigenvalue weighted by molar-refractivity contribution is 0.00496. The molecule has 0 spiro atoms. The number of nitriles is 1. The van der Waals surface area contributed by atoms with Crippen molar-refractivity contribution in [3.63, 3.8) is 0 Å². The minimum atomic E-state index is -3.08. The molecule has 21 heavy (non-hydrogen) atoms. The van der Waals surface area contributed by atoms with Crippen molar-refractivity contribution in [3.05, 3.63) is 34.9 Å². The van der Waals surface area contributed by atoms with Gasteiger partial charge in [-0.1, -0.05) is 18.6 Å². The average Bonchev–Trinajstić information content (AvgIpc) is 2.40. The second kappa shape index (κ2) is 4.82. The first-order valence-electron chi connectivity index (χ1n) is 7.33. The molecule has 1 N–H and O–H groups in total. The molecular weight excluding hydrogens is 286 g/mol. The maximum atomic E-state index is 12.3. The summed E-state index contributed by atoms with van der Waals surface area (Å²) in [6.07, 6.45) is 2.78. The Morgan fingerprint density at radius 1 is 1.29 bits per heavy atom. The van der Waals surface area contributed by atoms with E-state index in [1.807, 2.05) is 13.0 Å². The smallest absolute Gasteiger partial charge is 0.156 e. The van der Waals surface area contributed by atoms with Crippen molar-refractivity contribution >= 4 is 9.84 Å². The number of sulfone groups is 1. The zero-order valence-corrected chi connectivity index (χ0v) is 12.9. The Hall–Kier alpha value is -1.38. The van der Waals surface area contributed by atoms with E-state index in [2.05, 4.69) is 6.07 Å². The van der Waals surface area contributed by atoms with Gasteiger partial charge in [0.1, 0.15) is 0 Å². The molecule has 2 heterocycles. The molecule has 112 valence electrons. The van der Waals surface area contributed by atoms with Gasteiger partial charge in [0.25, 0.3) is 0 Å². The van der Waals surface area contributed by atoms with Crippen molar-refractivity contribution in [2.24, 2.45) is 0 Å². The minimum absolute atomic E-state index is 0.275. The van der Waals surface area contributed by atoms with Crippen molar-refractivity contribution in [1.82, 2.24) is 0 Å². The Kier molecular flexibility index (Phi) is 3.34. The highest BCUT2D eigenvalue weighted by molar-refractivity contribution is 7.92. The van der Waals surface area contributed by atoms with Crippen LogP contribution in [0, 0.1) is 18.3 Å². The third-order valence-corrected chi connectivity index (χ3v) is 7.66. The molecule has 0 aromatic heterocycles. The van der Waals surface area contributed by atoms with E-state index < -0.39 is 25.9 Å². The Balaban J connectivity index is 1.99. The Morgan fingerprint density at radius 2 is 1.90 bits per heavy atom. The van der Waals surface area contributed by atoms with Gasteiger partial charge in [0, 0.05) is 0 Å². The van der Waals surface area contributed by atoms with E-state index in [1.54, 1.807) is 12.1 Å². The fraction of sp³-hybridized carbons (Fsp3) is 0.562. The fourth-order valence-corrected chi connectivity index (χ4v) is 6.31. The van der Waals surface area contributed by atoms with E-state index in [0.717, 1.165) is 17.5 Å². The summed E-state index contributed by atoms with van der Waals surface area (Å²) in [4.78, 5) is 0. The molecule has 2 bridgehead atoms. The van der Waals surface area contributed by atoms with E-state index >= 15 is 0 Å². The van der Waals surface area contributed by atoms with Gasteiger partial charge in [-0.15, -0.1) is 0 Å². The van der Waals surface area contributed by atoms with Crippen LogP contribution < -0.4 is 0 Å². The quantitative estimate of drug-likeness (QED) is 0.862. The number of nitrogens with zero attached hydrogens (tertiary/aromatic N) is 1. The van der Waals surface area contributed by atoms with Crippen LogP contribution in [-0.2, 0) is 15.4 Å². The summed E-state index contributed by atoms with van der Waals surface area (Å²) in [7, 11) is -3.08. The van der Waals surface area contributed by atoms with E-state index in [0.29, 0.717) is 18.4 Å². The van der Waals surface area contributed by atoms with E-state index in [4.69, 9.17) is 5.26 Å². The number of aryl methyl sites for hydroxylation is 1. The molecule has 2 saturated heterocycles. The van der Waals surface area contributed by atoms with Crippen molar-refractivity contribution < 1.29 is 13.5 Å². The Morgan fingerprint density at radius 3 is 2.43 bits per heavy atom. The van der Waals surface area contributed by atoms with Crippen molar-refractivity contribution in [2.75, 3.05) is 0 Å². The highest BCUT2D eigenvalue weighted by Gasteiger charge is 2.50. The molecule has 0 saturated carbocycles. The van der Waals surface area contributed by atoms with Crippen LogP contribution in [0.5, 0.6) is 0 Å². The number of hydrogen-bond donors (Lipinski definition) is 1. The third-order valence-electron chi connectivity index (χ3n) is 5.00. The topological polar surface area (TPSA) is 78.2 Å². The predicted molar refractivity (Wildman–Crippen MR) is 79.4 cm³/mol. The van der Waals surface area contributed by atoms with Crippen LogP contribution in [-0.4, -0.2) is 24.0 Å². The zero-order valence-electron chi connectivity index (χ0n) is 12.0. The second-order valence-corrected chi connectivity index (χ2v) is 8.86. The van der Waals surface area contributed by atoms with Crippen LogP contribution in [0.15, 0.2) is 18.2 Å². The van der Waals surface area contributed by atoms with Gasteiger partial charge >= 0.3 is 0 Å². The molecule has 5 heteroatoms. The number of aliphatic hydroxyl groups is 1. The Labute approximate surface area is 125 Å². The summed E-state index contributed by atoms with van der Waals surface area (Å²) >= 11 is 0. The number of benzene rings is 1. The highest BCUT2D eigenvalue weighted by atomic mass is 32.2. The maximum absolute atomic E-state index is 12.3. The first-order chi connectivity index (χ1) is 9.87. The van der Waals surface area contributed by atoms with Gasteiger partial charge in [-0.3, -0.25) is 0 Å². The van der Waals surface area contributed by atoms with Gasteiger partial charge in [-0.2, -0.15) is 5.26 Å². The zero-order chi connectivity index (χ0) is 15.3. The average molecular weight is 305 g/mol. The first kappa shape index (κ1) is 14.6. The Bertz CT molecular complexity index is 698. The molecule has 1 aromatic rings.